The fourth-order valence-corrected chi connectivity index (χ4v) is 2.56. The second-order valence-corrected chi connectivity index (χ2v) is 5.38. The molecule has 0 bridgehead atoms. The summed E-state index contributed by atoms with van der Waals surface area (Å²) >= 11 is 6.15. The van der Waals surface area contributed by atoms with Gasteiger partial charge < -0.3 is 5.32 Å². The van der Waals surface area contributed by atoms with E-state index in [9.17, 15) is 0 Å². The Hall–Kier alpha value is -1.54. The van der Waals surface area contributed by atoms with E-state index in [1.165, 1.54) is 16.7 Å². The number of halogens is 1. The molecule has 2 aromatic rings. The molecule has 19 heavy (non-hydrogen) atoms. The summed E-state index contributed by atoms with van der Waals surface area (Å²) in [6, 6.07) is 8.66. The average molecular weight is 275 g/mol. The van der Waals surface area contributed by atoms with Crippen LogP contribution < -0.4 is 5.32 Å². The summed E-state index contributed by atoms with van der Waals surface area (Å²) in [5.41, 5.74) is 5.87. The molecule has 1 N–H and O–H groups in total. The lowest BCUT2D eigenvalue weighted by Gasteiger charge is -2.20. The number of aryl methyl sites for hydroxylation is 3. The van der Waals surface area contributed by atoms with Crippen LogP contribution in [0.1, 0.15) is 35.2 Å². The SMILES string of the molecule is Cc1ccc(C(C)Nc2c(C)ccnc2Cl)c(C)c1. The molecule has 3 heteroatoms. The normalized spacial score (nSPS) is 12.3. The number of benzene rings is 1. The van der Waals surface area contributed by atoms with Crippen molar-refractivity contribution >= 4 is 17.3 Å². The first-order valence-corrected chi connectivity index (χ1v) is 6.81. The highest BCUT2D eigenvalue weighted by Gasteiger charge is 2.12. The first kappa shape index (κ1) is 13.9. The van der Waals surface area contributed by atoms with Gasteiger partial charge in [0.25, 0.3) is 0 Å². The maximum absolute atomic E-state index is 6.15. The van der Waals surface area contributed by atoms with Gasteiger partial charge in [-0.1, -0.05) is 35.4 Å². The Morgan fingerprint density at radius 3 is 2.47 bits per heavy atom. The highest BCUT2D eigenvalue weighted by molar-refractivity contribution is 6.32. The van der Waals surface area contributed by atoms with Crippen molar-refractivity contribution in [2.24, 2.45) is 0 Å². The van der Waals surface area contributed by atoms with Gasteiger partial charge in [0.05, 0.1) is 5.69 Å². The molecule has 0 aliphatic carbocycles. The van der Waals surface area contributed by atoms with E-state index in [1.54, 1.807) is 6.20 Å². The van der Waals surface area contributed by atoms with Crippen LogP contribution in [-0.2, 0) is 0 Å². The minimum absolute atomic E-state index is 0.195. The highest BCUT2D eigenvalue weighted by Crippen LogP contribution is 2.28. The molecule has 0 saturated carbocycles. The topological polar surface area (TPSA) is 24.9 Å². The Kier molecular flexibility index (Phi) is 4.11. The Morgan fingerprint density at radius 1 is 1.11 bits per heavy atom. The maximum atomic E-state index is 6.15. The first-order valence-electron chi connectivity index (χ1n) is 6.44. The summed E-state index contributed by atoms with van der Waals surface area (Å²) < 4.78 is 0. The molecule has 100 valence electrons. The third-order valence-electron chi connectivity index (χ3n) is 3.37. The van der Waals surface area contributed by atoms with Gasteiger partial charge in [-0.15, -0.1) is 0 Å². The second-order valence-electron chi connectivity index (χ2n) is 5.02. The monoisotopic (exact) mass is 274 g/mol. The third kappa shape index (κ3) is 3.07. The molecule has 1 atom stereocenters. The second kappa shape index (κ2) is 5.62. The van der Waals surface area contributed by atoms with Gasteiger partial charge in [-0.3, -0.25) is 0 Å². The summed E-state index contributed by atoms with van der Waals surface area (Å²) in [5.74, 6) is 0. The molecular weight excluding hydrogens is 256 g/mol. The quantitative estimate of drug-likeness (QED) is 0.811. The van der Waals surface area contributed by atoms with Crippen molar-refractivity contribution in [1.82, 2.24) is 4.98 Å². The molecule has 0 amide bonds. The Morgan fingerprint density at radius 2 is 1.84 bits per heavy atom. The van der Waals surface area contributed by atoms with Crippen LogP contribution in [0.5, 0.6) is 0 Å². The third-order valence-corrected chi connectivity index (χ3v) is 3.65. The van der Waals surface area contributed by atoms with E-state index >= 15 is 0 Å². The molecule has 0 spiro atoms. The summed E-state index contributed by atoms with van der Waals surface area (Å²) in [4.78, 5) is 4.13. The summed E-state index contributed by atoms with van der Waals surface area (Å²) in [7, 11) is 0. The van der Waals surface area contributed by atoms with E-state index in [0.29, 0.717) is 5.15 Å². The van der Waals surface area contributed by atoms with Gasteiger partial charge in [0, 0.05) is 12.2 Å². The summed E-state index contributed by atoms with van der Waals surface area (Å²) in [5, 5.41) is 3.99. The zero-order chi connectivity index (χ0) is 14.0. The molecule has 1 heterocycles. The Balaban J connectivity index is 2.28. The number of aromatic nitrogens is 1. The number of rotatable bonds is 3. The van der Waals surface area contributed by atoms with Crippen LogP contribution in [0.25, 0.3) is 0 Å². The van der Waals surface area contributed by atoms with Gasteiger partial charge in [0.2, 0.25) is 0 Å². The van der Waals surface area contributed by atoms with E-state index in [1.807, 2.05) is 13.0 Å². The van der Waals surface area contributed by atoms with Gasteiger partial charge in [0.15, 0.2) is 5.15 Å². The van der Waals surface area contributed by atoms with Gasteiger partial charge in [-0.2, -0.15) is 0 Å². The standard InChI is InChI=1S/C16H19ClN2/c1-10-5-6-14(12(3)9-10)13(4)19-15-11(2)7-8-18-16(15)17/h5-9,13,19H,1-4H3. The lowest BCUT2D eigenvalue weighted by Crippen LogP contribution is -2.10. The molecule has 0 aliphatic heterocycles. The molecule has 0 saturated heterocycles. The average Bonchev–Trinajstić information content (AvgIpc) is 2.33. The zero-order valence-corrected chi connectivity index (χ0v) is 12.5. The van der Waals surface area contributed by atoms with Crippen molar-refractivity contribution < 1.29 is 0 Å². The van der Waals surface area contributed by atoms with Crippen molar-refractivity contribution in [1.29, 1.82) is 0 Å². The number of nitrogens with one attached hydrogen (secondary N) is 1. The van der Waals surface area contributed by atoms with Gasteiger partial charge >= 0.3 is 0 Å². The molecule has 1 aromatic carbocycles. The maximum Gasteiger partial charge on any atom is 0.152 e. The lowest BCUT2D eigenvalue weighted by atomic mass is 10.00. The summed E-state index contributed by atoms with van der Waals surface area (Å²) in [6.45, 7) is 8.42. The van der Waals surface area contributed by atoms with E-state index < -0.39 is 0 Å². The van der Waals surface area contributed by atoms with Gasteiger partial charge in [-0.05, 0) is 50.5 Å². The predicted octanol–water partition coefficient (Wildman–Crippen LogP) is 4.83. The molecule has 0 radical (unpaired) electrons. The molecule has 0 aliphatic rings. The van der Waals surface area contributed by atoms with Crippen LogP contribution in [0.3, 0.4) is 0 Å². The van der Waals surface area contributed by atoms with E-state index in [2.05, 4.69) is 49.3 Å². The molecule has 2 nitrogen and oxygen atoms in total. The fraction of sp³-hybridized carbons (Fsp3) is 0.312. The Bertz CT molecular complexity index is 573. The van der Waals surface area contributed by atoms with Crippen molar-refractivity contribution in [2.75, 3.05) is 5.32 Å². The predicted molar refractivity (Wildman–Crippen MR) is 81.9 cm³/mol. The van der Waals surface area contributed by atoms with Gasteiger partial charge in [0.1, 0.15) is 0 Å². The number of nitrogens with zero attached hydrogens (tertiary/aromatic N) is 1. The Labute approximate surface area is 119 Å². The van der Waals surface area contributed by atoms with Crippen molar-refractivity contribution in [3.05, 3.63) is 57.9 Å². The van der Waals surface area contributed by atoms with Crippen molar-refractivity contribution in [2.45, 2.75) is 33.7 Å². The smallest absolute Gasteiger partial charge is 0.152 e. The van der Waals surface area contributed by atoms with Crippen LogP contribution in [0, 0.1) is 20.8 Å². The molecule has 1 aromatic heterocycles. The van der Waals surface area contributed by atoms with Crippen molar-refractivity contribution in [3.8, 4) is 0 Å². The molecule has 2 rings (SSSR count). The fourth-order valence-electron chi connectivity index (χ4n) is 2.30. The van der Waals surface area contributed by atoms with Crippen LogP contribution in [-0.4, -0.2) is 4.98 Å². The molecule has 1 unspecified atom stereocenters. The van der Waals surface area contributed by atoms with Crippen LogP contribution >= 0.6 is 11.6 Å². The van der Waals surface area contributed by atoms with E-state index in [0.717, 1.165) is 11.3 Å². The highest BCUT2D eigenvalue weighted by atomic mass is 35.5. The van der Waals surface area contributed by atoms with Crippen LogP contribution in [0.4, 0.5) is 5.69 Å². The first-order chi connectivity index (χ1) is 8.99. The minimum Gasteiger partial charge on any atom is -0.376 e. The van der Waals surface area contributed by atoms with E-state index in [-0.39, 0.29) is 6.04 Å². The van der Waals surface area contributed by atoms with Gasteiger partial charge in [-0.25, -0.2) is 4.98 Å². The van der Waals surface area contributed by atoms with Crippen molar-refractivity contribution in [3.63, 3.8) is 0 Å². The number of pyridine rings is 1. The minimum atomic E-state index is 0.195. The molecule has 0 fully saturated rings. The van der Waals surface area contributed by atoms with E-state index in [4.69, 9.17) is 11.6 Å². The molecular formula is C16H19ClN2. The van der Waals surface area contributed by atoms with Crippen LogP contribution in [0.2, 0.25) is 5.15 Å². The van der Waals surface area contributed by atoms with Crippen LogP contribution in [0.15, 0.2) is 30.5 Å². The summed E-state index contributed by atoms with van der Waals surface area (Å²) in [6.07, 6.45) is 1.73. The zero-order valence-electron chi connectivity index (χ0n) is 11.8. The lowest BCUT2D eigenvalue weighted by molar-refractivity contribution is 0.869. The largest absolute Gasteiger partial charge is 0.376 e. The number of hydrogen-bond donors (Lipinski definition) is 1. The number of hydrogen-bond acceptors (Lipinski definition) is 2. The number of anilines is 1.